The number of nitrogens with zero attached hydrogens (tertiary/aromatic N) is 1. The molecule has 64 valence electrons. The van der Waals surface area contributed by atoms with E-state index in [0.29, 0.717) is 21.2 Å². The molecule has 0 spiro atoms. The summed E-state index contributed by atoms with van der Waals surface area (Å²) in [7, 11) is 0. The van der Waals surface area contributed by atoms with Crippen LogP contribution in [0.3, 0.4) is 0 Å². The zero-order valence-electron chi connectivity index (χ0n) is 6.81. The van der Waals surface area contributed by atoms with Crippen LogP contribution in [0.4, 0.5) is 0 Å². The van der Waals surface area contributed by atoms with E-state index < -0.39 is 0 Å². The van der Waals surface area contributed by atoms with Crippen molar-refractivity contribution in [2.24, 2.45) is 10.7 Å². The van der Waals surface area contributed by atoms with Gasteiger partial charge in [0.1, 0.15) is 0 Å². The predicted molar refractivity (Wildman–Crippen MR) is 42.5 cm³/mol. The van der Waals surface area contributed by atoms with Crippen LogP contribution >= 0.6 is 0 Å². The van der Waals surface area contributed by atoms with E-state index in [1.165, 1.54) is 17.3 Å². The fraction of sp³-hybridized carbons (Fsp3) is 0.875. The Hall–Kier alpha value is 0.200. The molecule has 2 heterocycles. The molecule has 2 N–H and O–H groups in total. The van der Waals surface area contributed by atoms with Crippen LogP contribution in [0, 0.1) is 0 Å². The Labute approximate surface area is 77.9 Å². The van der Waals surface area contributed by atoms with E-state index in [1.807, 2.05) is 0 Å². The monoisotopic (exact) mass is 265 g/mol. The maximum atomic E-state index is 5.74. The number of halogens is 1. The summed E-state index contributed by atoms with van der Waals surface area (Å²) >= 11 is 0.517. The number of nitrogens with two attached hydrogens (primary N) is 1. The minimum atomic E-state index is 0.273. The SMILES string of the molecule is C[C@]1(C2C[I-]2)CCCC(N)=N1. The summed E-state index contributed by atoms with van der Waals surface area (Å²) in [5.74, 6) is 0.898. The van der Waals surface area contributed by atoms with Crippen molar-refractivity contribution in [3.8, 4) is 0 Å². The van der Waals surface area contributed by atoms with Gasteiger partial charge in [-0.3, -0.25) is 0 Å². The molecule has 1 fully saturated rings. The molecule has 2 nitrogen and oxygen atoms in total. The van der Waals surface area contributed by atoms with Crippen molar-refractivity contribution in [2.45, 2.75) is 35.6 Å². The Balaban J connectivity index is 2.16. The second-order valence-corrected chi connectivity index (χ2v) is 6.86. The summed E-state index contributed by atoms with van der Waals surface area (Å²) in [5, 5.41) is 0. The Morgan fingerprint density at radius 1 is 1.73 bits per heavy atom. The Morgan fingerprint density at radius 3 is 3.00 bits per heavy atom. The van der Waals surface area contributed by atoms with Gasteiger partial charge in [0.2, 0.25) is 0 Å². The molecule has 2 aliphatic rings. The van der Waals surface area contributed by atoms with Gasteiger partial charge in [0, 0.05) is 0 Å². The molecule has 2 rings (SSSR count). The third-order valence-corrected chi connectivity index (χ3v) is 5.60. The molecule has 0 saturated carbocycles. The quantitative estimate of drug-likeness (QED) is 0.422. The van der Waals surface area contributed by atoms with Crippen molar-refractivity contribution >= 4 is 5.84 Å². The van der Waals surface area contributed by atoms with Crippen LogP contribution in [0.25, 0.3) is 0 Å². The first-order valence-corrected chi connectivity index (χ1v) is 6.90. The van der Waals surface area contributed by atoms with Gasteiger partial charge in [-0.2, -0.15) is 0 Å². The standard InChI is InChI=1S/C8H14IN2/c1-8(6-5-9-6)4-2-3-7(10)11-8/h6H,2-5H2,1H3,(H2,10,11)/q-1/t6?,8-/m1/s1. The normalized spacial score (nSPS) is 44.1. The van der Waals surface area contributed by atoms with Crippen LogP contribution in [0.15, 0.2) is 4.99 Å². The number of alkyl halides is 2. The summed E-state index contributed by atoms with van der Waals surface area (Å²) in [6.07, 6.45) is 3.56. The van der Waals surface area contributed by atoms with E-state index in [9.17, 15) is 0 Å². The molecular formula is C8H14IN2-. The van der Waals surface area contributed by atoms with E-state index in [4.69, 9.17) is 5.73 Å². The first-order valence-electron chi connectivity index (χ1n) is 4.13. The Morgan fingerprint density at radius 2 is 2.45 bits per heavy atom. The molecular weight excluding hydrogens is 251 g/mol. The maximum absolute atomic E-state index is 5.74. The summed E-state index contributed by atoms with van der Waals surface area (Å²) < 4.78 is 2.44. The summed E-state index contributed by atoms with van der Waals surface area (Å²) in [5.41, 5.74) is 6.01. The van der Waals surface area contributed by atoms with Crippen molar-refractivity contribution < 1.29 is 21.2 Å². The fourth-order valence-corrected chi connectivity index (χ4v) is 4.27. The van der Waals surface area contributed by atoms with Gasteiger partial charge < -0.3 is 0 Å². The molecule has 0 bridgehead atoms. The van der Waals surface area contributed by atoms with Crippen LogP contribution < -0.4 is 26.9 Å². The molecule has 11 heavy (non-hydrogen) atoms. The molecule has 0 radical (unpaired) electrons. The molecule has 1 unspecified atom stereocenters. The molecule has 2 atom stereocenters. The van der Waals surface area contributed by atoms with Gasteiger partial charge in [-0.1, -0.05) is 0 Å². The van der Waals surface area contributed by atoms with E-state index in [2.05, 4.69) is 11.9 Å². The zero-order chi connectivity index (χ0) is 7.90. The number of aliphatic imine (C=N–C) groups is 1. The average Bonchev–Trinajstić information content (AvgIpc) is 2.66. The van der Waals surface area contributed by atoms with Crippen molar-refractivity contribution in [1.82, 2.24) is 0 Å². The van der Waals surface area contributed by atoms with Crippen LogP contribution in [0.5, 0.6) is 0 Å². The van der Waals surface area contributed by atoms with E-state index in [-0.39, 0.29) is 5.54 Å². The van der Waals surface area contributed by atoms with E-state index in [1.54, 1.807) is 0 Å². The number of hydrogen-bond acceptors (Lipinski definition) is 2. The molecule has 0 aromatic rings. The number of amidine groups is 1. The van der Waals surface area contributed by atoms with E-state index in [0.717, 1.165) is 16.2 Å². The second kappa shape index (κ2) is 2.61. The zero-order valence-corrected chi connectivity index (χ0v) is 8.97. The van der Waals surface area contributed by atoms with Gasteiger partial charge in [-0.15, -0.1) is 0 Å². The van der Waals surface area contributed by atoms with Gasteiger partial charge in [0.05, 0.1) is 0 Å². The second-order valence-electron chi connectivity index (χ2n) is 3.59. The molecule has 0 amide bonds. The van der Waals surface area contributed by atoms with Gasteiger partial charge in [0.25, 0.3) is 0 Å². The Bertz CT molecular complexity index is 198. The minimum absolute atomic E-state index is 0.273. The van der Waals surface area contributed by atoms with Crippen LogP contribution in [0.1, 0.15) is 26.2 Å². The molecule has 0 aromatic carbocycles. The van der Waals surface area contributed by atoms with Crippen LogP contribution in [-0.4, -0.2) is 19.7 Å². The van der Waals surface area contributed by atoms with Gasteiger partial charge in [-0.05, 0) is 0 Å². The summed E-state index contributed by atoms with van der Waals surface area (Å²) in [6, 6.07) is 0. The predicted octanol–water partition coefficient (Wildman–Crippen LogP) is -2.24. The Kier molecular flexibility index (Phi) is 1.85. The fourth-order valence-electron chi connectivity index (χ4n) is 1.67. The third kappa shape index (κ3) is 1.53. The molecule has 2 aliphatic heterocycles. The van der Waals surface area contributed by atoms with Gasteiger partial charge >= 0.3 is 77.8 Å². The van der Waals surface area contributed by atoms with Crippen molar-refractivity contribution in [3.63, 3.8) is 0 Å². The third-order valence-electron chi connectivity index (χ3n) is 2.50. The average molecular weight is 265 g/mol. The van der Waals surface area contributed by atoms with Crippen molar-refractivity contribution in [2.75, 3.05) is 4.43 Å². The number of hydrogen-bond donors (Lipinski definition) is 1. The molecule has 1 saturated heterocycles. The first kappa shape index (κ1) is 7.83. The number of rotatable bonds is 1. The topological polar surface area (TPSA) is 38.4 Å². The molecule has 0 aliphatic carbocycles. The van der Waals surface area contributed by atoms with Gasteiger partial charge in [0.15, 0.2) is 0 Å². The van der Waals surface area contributed by atoms with Crippen molar-refractivity contribution in [1.29, 1.82) is 0 Å². The molecule has 3 heteroatoms. The first-order chi connectivity index (χ1) is 5.21. The molecule has 0 aromatic heterocycles. The van der Waals surface area contributed by atoms with E-state index >= 15 is 0 Å². The van der Waals surface area contributed by atoms with Crippen LogP contribution in [-0.2, 0) is 0 Å². The van der Waals surface area contributed by atoms with Gasteiger partial charge in [-0.25, -0.2) is 0 Å². The van der Waals surface area contributed by atoms with Crippen molar-refractivity contribution in [3.05, 3.63) is 0 Å². The summed E-state index contributed by atoms with van der Waals surface area (Å²) in [6.45, 7) is 2.29. The van der Waals surface area contributed by atoms with Crippen LogP contribution in [0.2, 0.25) is 0 Å². The summed E-state index contributed by atoms with van der Waals surface area (Å²) in [4.78, 5) is 4.60.